The summed E-state index contributed by atoms with van der Waals surface area (Å²) in [5.41, 5.74) is 4.91. The molecule has 0 spiro atoms. The van der Waals surface area contributed by atoms with E-state index in [2.05, 4.69) is 27.6 Å². The number of nitrogens with zero attached hydrogens (tertiary/aromatic N) is 2. The molecule has 0 radical (unpaired) electrons. The number of hydrogen-bond acceptors (Lipinski definition) is 5. The van der Waals surface area contributed by atoms with Gasteiger partial charge in [-0.05, 0) is 85.4 Å². The Balaban J connectivity index is 1.34. The van der Waals surface area contributed by atoms with Crippen molar-refractivity contribution in [3.8, 4) is 0 Å². The molecule has 1 atom stereocenters. The summed E-state index contributed by atoms with van der Waals surface area (Å²) in [7, 11) is 1.44. The highest BCUT2D eigenvalue weighted by atomic mass is 16.5. The van der Waals surface area contributed by atoms with Crippen molar-refractivity contribution in [3.05, 3.63) is 64.7 Å². The molecule has 1 saturated heterocycles. The molecule has 1 unspecified atom stereocenters. The van der Waals surface area contributed by atoms with Gasteiger partial charge in [0, 0.05) is 30.8 Å². The third-order valence-corrected chi connectivity index (χ3v) is 6.35. The van der Waals surface area contributed by atoms with Crippen molar-refractivity contribution in [3.63, 3.8) is 0 Å². The lowest BCUT2D eigenvalue weighted by molar-refractivity contribution is -0.141. The van der Waals surface area contributed by atoms with Crippen LogP contribution in [-0.4, -0.2) is 43.3 Å². The van der Waals surface area contributed by atoms with E-state index in [1.165, 1.54) is 37.5 Å². The highest BCUT2D eigenvalue weighted by molar-refractivity contribution is 6.04. The summed E-state index contributed by atoms with van der Waals surface area (Å²) in [5, 5.41) is 9.66. The van der Waals surface area contributed by atoms with Crippen molar-refractivity contribution in [2.24, 2.45) is 11.0 Å². The Kier molecular flexibility index (Phi) is 7.20. The normalized spacial score (nSPS) is 18.3. The summed E-state index contributed by atoms with van der Waals surface area (Å²) in [5.74, 6) is 0.0577. The van der Waals surface area contributed by atoms with Gasteiger partial charge in [0.25, 0.3) is 5.91 Å². The Bertz CT molecular complexity index is 978. The maximum absolute atomic E-state index is 12.7. The third-order valence-electron chi connectivity index (χ3n) is 6.35. The predicted molar refractivity (Wildman–Crippen MR) is 126 cm³/mol. The Morgan fingerprint density at radius 2 is 1.88 bits per heavy atom. The molecule has 1 heterocycles. The number of esters is 1. The van der Waals surface area contributed by atoms with Gasteiger partial charge in [0.2, 0.25) is 0 Å². The van der Waals surface area contributed by atoms with Crippen LogP contribution in [0.1, 0.15) is 59.2 Å². The maximum Gasteiger partial charge on any atom is 0.305 e. The molecule has 4 rings (SSSR count). The fraction of sp³-hybridized carbons (Fsp3) is 0.423. The van der Waals surface area contributed by atoms with E-state index in [4.69, 9.17) is 4.74 Å². The molecule has 2 aliphatic rings. The number of hydrogen-bond donors (Lipinski definition) is 1. The largest absolute Gasteiger partial charge is 0.469 e. The van der Waals surface area contributed by atoms with E-state index in [1.54, 1.807) is 0 Å². The molecule has 0 saturated carbocycles. The molecule has 168 valence electrons. The summed E-state index contributed by atoms with van der Waals surface area (Å²) < 4.78 is 4.80. The quantitative estimate of drug-likeness (QED) is 0.541. The summed E-state index contributed by atoms with van der Waals surface area (Å²) in [6, 6.07) is 13.6. The number of carbonyl (C=O) groups excluding carboxylic acids is 2. The number of carbonyl (C=O) groups is 2. The minimum Gasteiger partial charge on any atom is -0.469 e. The predicted octanol–water partition coefficient (Wildman–Crippen LogP) is 4.43. The highest BCUT2D eigenvalue weighted by Crippen LogP contribution is 2.30. The van der Waals surface area contributed by atoms with Crippen LogP contribution in [0.25, 0.3) is 0 Å². The number of fused-ring (bicyclic) bond motifs is 1. The lowest BCUT2D eigenvalue weighted by atomic mass is 9.82. The molecular formula is C26H31N3O3. The molecule has 6 nitrogen and oxygen atoms in total. The van der Waals surface area contributed by atoms with E-state index in [0.29, 0.717) is 17.9 Å². The van der Waals surface area contributed by atoms with Gasteiger partial charge in [-0.15, -0.1) is 0 Å². The minimum atomic E-state index is -0.147. The number of anilines is 1. The summed E-state index contributed by atoms with van der Waals surface area (Å²) in [6.07, 6.45) is 8.76. The summed E-state index contributed by atoms with van der Waals surface area (Å²) in [6.45, 7) is 2.04. The fourth-order valence-corrected chi connectivity index (χ4v) is 4.47. The van der Waals surface area contributed by atoms with E-state index >= 15 is 0 Å². The van der Waals surface area contributed by atoms with Crippen molar-refractivity contribution in [2.45, 2.75) is 44.9 Å². The van der Waals surface area contributed by atoms with Crippen molar-refractivity contribution in [2.75, 3.05) is 25.5 Å². The third kappa shape index (κ3) is 5.75. The highest BCUT2D eigenvalue weighted by Gasteiger charge is 2.22. The van der Waals surface area contributed by atoms with Gasteiger partial charge in [-0.2, -0.15) is 5.10 Å². The first kappa shape index (κ1) is 22.1. The Morgan fingerprint density at radius 3 is 2.62 bits per heavy atom. The maximum atomic E-state index is 12.7. The van der Waals surface area contributed by atoms with Gasteiger partial charge in [-0.3, -0.25) is 14.6 Å². The average molecular weight is 434 g/mol. The zero-order chi connectivity index (χ0) is 22.3. The van der Waals surface area contributed by atoms with Gasteiger partial charge in [0.15, 0.2) is 0 Å². The van der Waals surface area contributed by atoms with Gasteiger partial charge in [0.1, 0.15) is 0 Å². The standard InChI is InChI=1S/C26H31N3O3/c1-32-25(30)16-20-7-10-23-17-24(12-11-22(23)15-20)28-26(31)21-8-5-19(6-9-21)18-27-29-13-3-2-4-14-29/h5-6,8-9,11-12,17-18,20H,2-4,7,10,13-16H2,1H3,(H,28,31). The van der Waals surface area contributed by atoms with Crippen LogP contribution in [-0.2, 0) is 22.4 Å². The molecule has 1 fully saturated rings. The number of ether oxygens (including phenoxy) is 1. The Morgan fingerprint density at radius 1 is 1.09 bits per heavy atom. The Labute approximate surface area is 189 Å². The molecule has 2 aromatic carbocycles. The number of piperidine rings is 1. The first-order valence-corrected chi connectivity index (χ1v) is 11.5. The van der Waals surface area contributed by atoms with Crippen LogP contribution in [0, 0.1) is 5.92 Å². The van der Waals surface area contributed by atoms with Gasteiger partial charge < -0.3 is 10.1 Å². The number of nitrogens with one attached hydrogen (secondary N) is 1. The second kappa shape index (κ2) is 10.4. The number of methoxy groups -OCH3 is 1. The average Bonchev–Trinajstić information content (AvgIpc) is 2.83. The van der Waals surface area contributed by atoms with Crippen LogP contribution in [0.2, 0.25) is 0 Å². The molecule has 1 aliphatic carbocycles. The summed E-state index contributed by atoms with van der Waals surface area (Å²) >= 11 is 0. The van der Waals surface area contributed by atoms with Gasteiger partial charge >= 0.3 is 5.97 Å². The zero-order valence-corrected chi connectivity index (χ0v) is 18.7. The van der Waals surface area contributed by atoms with Crippen LogP contribution >= 0.6 is 0 Å². The number of amides is 1. The van der Waals surface area contributed by atoms with Crippen molar-refractivity contribution in [1.29, 1.82) is 0 Å². The molecule has 32 heavy (non-hydrogen) atoms. The molecule has 1 amide bonds. The molecule has 0 bridgehead atoms. The van der Waals surface area contributed by atoms with Crippen LogP contribution in [0.15, 0.2) is 47.6 Å². The van der Waals surface area contributed by atoms with Crippen molar-refractivity contribution < 1.29 is 14.3 Å². The molecule has 6 heteroatoms. The van der Waals surface area contributed by atoms with Gasteiger partial charge in [-0.1, -0.05) is 18.2 Å². The second-order valence-corrected chi connectivity index (χ2v) is 8.71. The van der Waals surface area contributed by atoms with Crippen LogP contribution < -0.4 is 5.32 Å². The van der Waals surface area contributed by atoms with E-state index in [0.717, 1.165) is 43.6 Å². The SMILES string of the molecule is COC(=O)CC1CCc2cc(NC(=O)c3ccc(C=NN4CCCCC4)cc3)ccc2C1. The zero-order valence-electron chi connectivity index (χ0n) is 18.7. The topological polar surface area (TPSA) is 71.0 Å². The molecule has 1 aliphatic heterocycles. The van der Waals surface area contributed by atoms with Gasteiger partial charge in [-0.25, -0.2) is 0 Å². The van der Waals surface area contributed by atoms with Crippen LogP contribution in [0.4, 0.5) is 5.69 Å². The van der Waals surface area contributed by atoms with Crippen molar-refractivity contribution >= 4 is 23.8 Å². The van der Waals surface area contributed by atoms with E-state index in [9.17, 15) is 9.59 Å². The molecule has 2 aromatic rings. The Hall–Kier alpha value is -3.15. The van der Waals surface area contributed by atoms with Crippen LogP contribution in [0.3, 0.4) is 0 Å². The lowest BCUT2D eigenvalue weighted by Crippen LogP contribution is -2.24. The first-order chi connectivity index (χ1) is 15.6. The van der Waals surface area contributed by atoms with Crippen molar-refractivity contribution in [1.82, 2.24) is 5.01 Å². The first-order valence-electron chi connectivity index (χ1n) is 11.5. The number of benzene rings is 2. The van der Waals surface area contributed by atoms with E-state index < -0.39 is 0 Å². The lowest BCUT2D eigenvalue weighted by Gasteiger charge is -2.24. The minimum absolute atomic E-state index is 0.121. The number of aryl methyl sites for hydroxylation is 1. The smallest absolute Gasteiger partial charge is 0.305 e. The monoisotopic (exact) mass is 433 g/mol. The van der Waals surface area contributed by atoms with E-state index in [-0.39, 0.29) is 11.9 Å². The summed E-state index contributed by atoms with van der Waals surface area (Å²) in [4.78, 5) is 24.3. The molecular weight excluding hydrogens is 402 g/mol. The number of rotatable bonds is 6. The van der Waals surface area contributed by atoms with E-state index in [1.807, 2.05) is 36.5 Å². The second-order valence-electron chi connectivity index (χ2n) is 8.71. The van der Waals surface area contributed by atoms with Crippen LogP contribution in [0.5, 0.6) is 0 Å². The van der Waals surface area contributed by atoms with Gasteiger partial charge in [0.05, 0.1) is 13.3 Å². The number of hydrazone groups is 1. The molecule has 1 N–H and O–H groups in total. The molecule has 0 aromatic heterocycles. The fourth-order valence-electron chi connectivity index (χ4n) is 4.47.